The van der Waals surface area contributed by atoms with Gasteiger partial charge < -0.3 is 0 Å². The number of nitrogens with zero attached hydrogens (tertiary/aromatic N) is 4. The van der Waals surface area contributed by atoms with Crippen molar-refractivity contribution in [1.82, 2.24) is 19.9 Å². The molecule has 0 amide bonds. The van der Waals surface area contributed by atoms with E-state index in [4.69, 9.17) is 9.97 Å². The summed E-state index contributed by atoms with van der Waals surface area (Å²) in [5.41, 5.74) is 3.86. The molecule has 2 aliphatic rings. The fourth-order valence-electron chi connectivity index (χ4n) is 3.86. The third-order valence-corrected chi connectivity index (χ3v) is 5.97. The predicted octanol–water partition coefficient (Wildman–Crippen LogP) is 4.24. The Hall–Kier alpha value is -1.33. The maximum absolute atomic E-state index is 4.94. The van der Waals surface area contributed by atoms with Crippen LogP contribution in [0, 0.1) is 0 Å². The Morgan fingerprint density at radius 3 is 2.88 bits per heavy atom. The molecule has 1 fully saturated rings. The molecule has 0 aromatic carbocycles. The van der Waals surface area contributed by atoms with Crippen LogP contribution in [0.15, 0.2) is 29.1 Å². The van der Waals surface area contributed by atoms with Gasteiger partial charge in [-0.15, -0.1) is 0 Å². The van der Waals surface area contributed by atoms with E-state index in [1.807, 2.05) is 12.4 Å². The van der Waals surface area contributed by atoms with E-state index < -0.39 is 0 Å². The highest BCUT2D eigenvalue weighted by atomic mass is 79.9. The van der Waals surface area contributed by atoms with E-state index >= 15 is 0 Å². The molecule has 0 atom stereocenters. The van der Waals surface area contributed by atoms with Gasteiger partial charge in [0.25, 0.3) is 0 Å². The molecule has 2 aromatic heterocycles. The number of halogens is 1. The highest BCUT2D eigenvalue weighted by Crippen LogP contribution is 2.31. The fourth-order valence-corrected chi connectivity index (χ4v) is 4.23. The Morgan fingerprint density at radius 2 is 2.04 bits per heavy atom. The van der Waals surface area contributed by atoms with Crippen LogP contribution in [0.1, 0.15) is 60.7 Å². The topological polar surface area (TPSA) is 41.9 Å². The zero-order chi connectivity index (χ0) is 16.4. The van der Waals surface area contributed by atoms with Gasteiger partial charge in [0.1, 0.15) is 5.82 Å². The van der Waals surface area contributed by atoms with Crippen molar-refractivity contribution in [2.24, 2.45) is 0 Å². The molecule has 24 heavy (non-hydrogen) atoms. The molecule has 5 heteroatoms. The lowest BCUT2D eigenvalue weighted by Gasteiger charge is -2.29. The number of hydrogen-bond acceptors (Lipinski definition) is 4. The quantitative estimate of drug-likeness (QED) is 0.790. The predicted molar refractivity (Wildman–Crippen MR) is 97.6 cm³/mol. The summed E-state index contributed by atoms with van der Waals surface area (Å²) in [6.45, 7) is 2.94. The van der Waals surface area contributed by atoms with Crippen molar-refractivity contribution in [1.29, 1.82) is 0 Å². The van der Waals surface area contributed by atoms with E-state index in [0.29, 0.717) is 5.92 Å². The first-order valence-corrected chi connectivity index (χ1v) is 9.74. The van der Waals surface area contributed by atoms with Crippen LogP contribution in [-0.4, -0.2) is 26.4 Å². The lowest BCUT2D eigenvalue weighted by Crippen LogP contribution is -2.31. The molecule has 0 unspecified atom stereocenters. The van der Waals surface area contributed by atoms with E-state index in [-0.39, 0.29) is 0 Å². The smallest absolute Gasteiger partial charge is 0.131 e. The normalized spacial score (nSPS) is 19.2. The number of pyridine rings is 1. The molecule has 1 aliphatic heterocycles. The molecule has 1 saturated carbocycles. The standard InChI is InChI=1S/C19H23BrN4/c20-17-11-21-8-6-15(17)12-24-9-7-18-16(13-24)10-22-19(23-18)14-4-2-1-3-5-14/h6,8,10-11,14H,1-5,7,9,12-13H2. The van der Waals surface area contributed by atoms with Crippen LogP contribution in [0.4, 0.5) is 0 Å². The second kappa shape index (κ2) is 7.28. The molecular weight excluding hydrogens is 364 g/mol. The Balaban J connectivity index is 1.46. The van der Waals surface area contributed by atoms with Crippen molar-refractivity contribution >= 4 is 15.9 Å². The van der Waals surface area contributed by atoms with Gasteiger partial charge in [0.2, 0.25) is 0 Å². The Morgan fingerprint density at radius 1 is 1.17 bits per heavy atom. The van der Waals surface area contributed by atoms with Crippen LogP contribution < -0.4 is 0 Å². The minimum absolute atomic E-state index is 0.592. The second-order valence-corrected chi connectivity index (χ2v) is 7.82. The van der Waals surface area contributed by atoms with Crippen molar-refractivity contribution in [3.8, 4) is 0 Å². The molecule has 126 valence electrons. The summed E-state index contributed by atoms with van der Waals surface area (Å²) >= 11 is 3.59. The van der Waals surface area contributed by atoms with Crippen molar-refractivity contribution in [3.05, 3.63) is 51.8 Å². The van der Waals surface area contributed by atoms with Gasteiger partial charge in [-0.05, 0) is 40.4 Å². The Bertz CT molecular complexity index is 712. The minimum Gasteiger partial charge on any atom is -0.294 e. The van der Waals surface area contributed by atoms with Crippen LogP contribution >= 0.6 is 15.9 Å². The average Bonchev–Trinajstić information content (AvgIpc) is 2.64. The van der Waals surface area contributed by atoms with Crippen LogP contribution in [0.25, 0.3) is 0 Å². The van der Waals surface area contributed by atoms with Gasteiger partial charge >= 0.3 is 0 Å². The molecule has 0 bridgehead atoms. The van der Waals surface area contributed by atoms with Gasteiger partial charge in [0, 0.05) is 66.3 Å². The van der Waals surface area contributed by atoms with Crippen LogP contribution in [0.5, 0.6) is 0 Å². The monoisotopic (exact) mass is 386 g/mol. The van der Waals surface area contributed by atoms with Crippen molar-refractivity contribution in [2.75, 3.05) is 6.54 Å². The fraction of sp³-hybridized carbons (Fsp3) is 0.526. The molecule has 1 aliphatic carbocycles. The molecule has 3 heterocycles. The molecule has 0 N–H and O–H groups in total. The van der Waals surface area contributed by atoms with Gasteiger partial charge in [0.15, 0.2) is 0 Å². The van der Waals surface area contributed by atoms with E-state index in [2.05, 4.69) is 38.1 Å². The van der Waals surface area contributed by atoms with Crippen molar-refractivity contribution in [2.45, 2.75) is 57.5 Å². The van der Waals surface area contributed by atoms with Crippen molar-refractivity contribution in [3.63, 3.8) is 0 Å². The van der Waals surface area contributed by atoms with Crippen LogP contribution in [-0.2, 0) is 19.5 Å². The Labute approximate surface area is 151 Å². The summed E-state index contributed by atoms with van der Waals surface area (Å²) in [4.78, 5) is 16.3. The Kier molecular flexibility index (Phi) is 4.90. The highest BCUT2D eigenvalue weighted by Gasteiger charge is 2.23. The summed E-state index contributed by atoms with van der Waals surface area (Å²) in [5, 5.41) is 0. The number of hydrogen-bond donors (Lipinski definition) is 0. The van der Waals surface area contributed by atoms with Gasteiger partial charge in [-0.1, -0.05) is 19.3 Å². The van der Waals surface area contributed by atoms with Gasteiger partial charge in [-0.25, -0.2) is 9.97 Å². The van der Waals surface area contributed by atoms with Crippen LogP contribution in [0.3, 0.4) is 0 Å². The molecular formula is C19H23BrN4. The molecule has 4 nitrogen and oxygen atoms in total. The zero-order valence-corrected chi connectivity index (χ0v) is 15.5. The molecule has 2 aromatic rings. The van der Waals surface area contributed by atoms with Gasteiger partial charge in [0.05, 0.1) is 0 Å². The lowest BCUT2D eigenvalue weighted by atomic mass is 9.88. The van der Waals surface area contributed by atoms with E-state index in [9.17, 15) is 0 Å². The van der Waals surface area contributed by atoms with Gasteiger partial charge in [-0.2, -0.15) is 0 Å². The summed E-state index contributed by atoms with van der Waals surface area (Å²) < 4.78 is 1.08. The van der Waals surface area contributed by atoms with Gasteiger partial charge in [-0.3, -0.25) is 9.88 Å². The first-order valence-electron chi connectivity index (χ1n) is 8.95. The first-order chi connectivity index (χ1) is 11.8. The maximum Gasteiger partial charge on any atom is 0.131 e. The summed E-state index contributed by atoms with van der Waals surface area (Å²) in [6.07, 6.45) is 13.4. The third kappa shape index (κ3) is 3.52. The SMILES string of the molecule is Brc1cnccc1CN1CCc2nc(C3CCCCC3)ncc2C1. The summed E-state index contributed by atoms with van der Waals surface area (Å²) in [7, 11) is 0. The first kappa shape index (κ1) is 16.2. The molecule has 0 saturated heterocycles. The zero-order valence-electron chi connectivity index (χ0n) is 13.9. The van der Waals surface area contributed by atoms with E-state index in [0.717, 1.165) is 36.4 Å². The molecule has 0 spiro atoms. The minimum atomic E-state index is 0.592. The largest absolute Gasteiger partial charge is 0.294 e. The third-order valence-electron chi connectivity index (χ3n) is 5.25. The van der Waals surface area contributed by atoms with E-state index in [1.54, 1.807) is 0 Å². The van der Waals surface area contributed by atoms with Crippen molar-refractivity contribution < 1.29 is 0 Å². The lowest BCUT2D eigenvalue weighted by molar-refractivity contribution is 0.241. The number of rotatable bonds is 3. The van der Waals surface area contributed by atoms with E-state index in [1.165, 1.54) is 48.9 Å². The van der Waals surface area contributed by atoms with Crippen LogP contribution in [0.2, 0.25) is 0 Å². The summed E-state index contributed by atoms with van der Waals surface area (Å²) in [5.74, 6) is 1.69. The molecule has 4 rings (SSSR count). The highest BCUT2D eigenvalue weighted by molar-refractivity contribution is 9.10. The average molecular weight is 387 g/mol. The number of aromatic nitrogens is 3. The number of fused-ring (bicyclic) bond motifs is 1. The maximum atomic E-state index is 4.94. The molecule has 0 radical (unpaired) electrons. The second-order valence-electron chi connectivity index (χ2n) is 6.96. The summed E-state index contributed by atoms with van der Waals surface area (Å²) in [6, 6.07) is 2.09.